The smallest absolute Gasteiger partial charge is 0.207 e. The molecule has 0 aromatic heterocycles. The lowest BCUT2D eigenvalue weighted by Gasteiger charge is -2.24. The first-order chi connectivity index (χ1) is 11.0. The topological polar surface area (TPSA) is 37.4 Å². The van der Waals surface area contributed by atoms with Crippen LogP contribution < -0.4 is 0 Å². The second-order valence-corrected chi connectivity index (χ2v) is 7.71. The first-order valence-electron chi connectivity index (χ1n) is 7.88. The van der Waals surface area contributed by atoms with Gasteiger partial charge in [-0.2, -0.15) is 4.31 Å². The van der Waals surface area contributed by atoms with Crippen LogP contribution in [0.1, 0.15) is 36.9 Å². The summed E-state index contributed by atoms with van der Waals surface area (Å²) in [4.78, 5) is 0.149. The van der Waals surface area contributed by atoms with Crippen molar-refractivity contribution in [2.24, 2.45) is 0 Å². The van der Waals surface area contributed by atoms with Crippen molar-refractivity contribution in [2.75, 3.05) is 6.54 Å². The van der Waals surface area contributed by atoms with Crippen molar-refractivity contribution in [3.8, 4) is 0 Å². The Morgan fingerprint density at radius 1 is 1.09 bits per heavy atom. The van der Waals surface area contributed by atoms with Crippen molar-refractivity contribution in [3.05, 3.63) is 65.5 Å². The molecule has 1 aliphatic heterocycles. The predicted molar refractivity (Wildman–Crippen MR) is 88.1 cm³/mol. The van der Waals surface area contributed by atoms with Gasteiger partial charge in [-0.3, -0.25) is 0 Å². The van der Waals surface area contributed by atoms with Crippen LogP contribution in [0.15, 0.2) is 53.4 Å². The SMILES string of the molecule is CCc1ccc(C2CCCN2S(=O)(=O)c2ccc(F)cc2)cc1. The van der Waals surface area contributed by atoms with Gasteiger partial charge in [0.25, 0.3) is 0 Å². The molecule has 0 amide bonds. The van der Waals surface area contributed by atoms with E-state index in [0.717, 1.165) is 24.8 Å². The third-order valence-electron chi connectivity index (χ3n) is 4.40. The molecule has 23 heavy (non-hydrogen) atoms. The molecule has 1 aliphatic rings. The summed E-state index contributed by atoms with van der Waals surface area (Å²) in [6.07, 6.45) is 2.61. The van der Waals surface area contributed by atoms with Gasteiger partial charge in [0, 0.05) is 6.54 Å². The number of benzene rings is 2. The van der Waals surface area contributed by atoms with Gasteiger partial charge in [0.05, 0.1) is 10.9 Å². The first kappa shape index (κ1) is 16.1. The van der Waals surface area contributed by atoms with Crippen LogP contribution in [-0.4, -0.2) is 19.3 Å². The Kier molecular flexibility index (Phi) is 4.50. The maximum Gasteiger partial charge on any atom is 0.243 e. The lowest BCUT2D eigenvalue weighted by Crippen LogP contribution is -2.30. The molecule has 0 saturated carbocycles. The van der Waals surface area contributed by atoms with Crippen molar-refractivity contribution in [1.29, 1.82) is 0 Å². The molecule has 1 fully saturated rings. The maximum absolute atomic E-state index is 13.1. The molecule has 122 valence electrons. The Morgan fingerprint density at radius 2 is 1.74 bits per heavy atom. The normalized spacial score (nSPS) is 19.1. The number of sulfonamides is 1. The largest absolute Gasteiger partial charge is 0.243 e. The van der Waals surface area contributed by atoms with Crippen molar-refractivity contribution < 1.29 is 12.8 Å². The molecule has 1 unspecified atom stereocenters. The van der Waals surface area contributed by atoms with Gasteiger partial charge in [0.15, 0.2) is 0 Å². The van der Waals surface area contributed by atoms with Crippen molar-refractivity contribution in [1.82, 2.24) is 4.31 Å². The molecular weight excluding hydrogens is 313 g/mol. The highest BCUT2D eigenvalue weighted by molar-refractivity contribution is 7.89. The minimum atomic E-state index is -3.60. The van der Waals surface area contributed by atoms with Gasteiger partial charge in [0.2, 0.25) is 10.0 Å². The molecule has 5 heteroatoms. The minimum absolute atomic E-state index is 0.143. The molecule has 1 atom stereocenters. The van der Waals surface area contributed by atoms with E-state index in [0.29, 0.717) is 6.54 Å². The average Bonchev–Trinajstić information content (AvgIpc) is 3.06. The Balaban J connectivity index is 1.92. The van der Waals surface area contributed by atoms with Crippen molar-refractivity contribution >= 4 is 10.0 Å². The molecule has 0 radical (unpaired) electrons. The number of aryl methyl sites for hydroxylation is 1. The zero-order valence-electron chi connectivity index (χ0n) is 13.1. The molecule has 0 bridgehead atoms. The van der Waals surface area contributed by atoms with Crippen LogP contribution in [0.3, 0.4) is 0 Å². The summed E-state index contributed by atoms with van der Waals surface area (Å²) >= 11 is 0. The Hall–Kier alpha value is -1.72. The van der Waals surface area contributed by atoms with Gasteiger partial charge in [-0.15, -0.1) is 0 Å². The lowest BCUT2D eigenvalue weighted by molar-refractivity contribution is 0.396. The predicted octanol–water partition coefficient (Wildman–Crippen LogP) is 3.91. The van der Waals surface area contributed by atoms with Crippen LogP contribution in [0.2, 0.25) is 0 Å². The molecule has 2 aromatic rings. The molecule has 0 spiro atoms. The molecule has 2 aromatic carbocycles. The summed E-state index contributed by atoms with van der Waals surface area (Å²) in [5.41, 5.74) is 2.25. The molecule has 0 aliphatic carbocycles. The fourth-order valence-electron chi connectivity index (χ4n) is 3.08. The number of hydrogen-bond acceptors (Lipinski definition) is 2. The zero-order chi connectivity index (χ0) is 16.4. The summed E-state index contributed by atoms with van der Waals surface area (Å²) in [6, 6.07) is 13.0. The van der Waals surface area contributed by atoms with Crippen molar-refractivity contribution in [3.63, 3.8) is 0 Å². The van der Waals surface area contributed by atoms with E-state index in [1.54, 1.807) is 4.31 Å². The number of hydrogen-bond donors (Lipinski definition) is 0. The highest BCUT2D eigenvalue weighted by Crippen LogP contribution is 2.36. The van der Waals surface area contributed by atoms with Crippen LogP contribution in [0, 0.1) is 5.82 Å². The zero-order valence-corrected chi connectivity index (χ0v) is 13.9. The Morgan fingerprint density at radius 3 is 2.35 bits per heavy atom. The Labute approximate surface area is 136 Å². The van der Waals surface area contributed by atoms with E-state index in [-0.39, 0.29) is 10.9 Å². The van der Waals surface area contributed by atoms with Gasteiger partial charge < -0.3 is 0 Å². The highest BCUT2D eigenvalue weighted by Gasteiger charge is 2.36. The second-order valence-electron chi connectivity index (χ2n) is 5.82. The van der Waals surface area contributed by atoms with E-state index in [9.17, 15) is 12.8 Å². The fraction of sp³-hybridized carbons (Fsp3) is 0.333. The number of halogens is 1. The van der Waals surface area contributed by atoms with E-state index in [4.69, 9.17) is 0 Å². The fourth-order valence-corrected chi connectivity index (χ4v) is 4.76. The molecule has 1 heterocycles. The van der Waals surface area contributed by atoms with Gasteiger partial charge in [-0.25, -0.2) is 12.8 Å². The van der Waals surface area contributed by atoms with E-state index in [1.165, 1.54) is 29.8 Å². The van der Waals surface area contributed by atoms with Crippen molar-refractivity contribution in [2.45, 2.75) is 37.1 Å². The molecule has 1 saturated heterocycles. The van der Waals surface area contributed by atoms with Crippen LogP contribution in [0.4, 0.5) is 4.39 Å². The third kappa shape index (κ3) is 3.16. The van der Waals surface area contributed by atoms with E-state index in [1.807, 2.05) is 12.1 Å². The monoisotopic (exact) mass is 333 g/mol. The summed E-state index contributed by atoms with van der Waals surface area (Å²) in [5, 5.41) is 0. The number of nitrogens with zero attached hydrogens (tertiary/aromatic N) is 1. The summed E-state index contributed by atoms with van der Waals surface area (Å²) in [7, 11) is -3.60. The summed E-state index contributed by atoms with van der Waals surface area (Å²) in [6.45, 7) is 2.59. The van der Waals surface area contributed by atoms with Crippen LogP contribution in [-0.2, 0) is 16.4 Å². The minimum Gasteiger partial charge on any atom is -0.207 e. The average molecular weight is 333 g/mol. The van der Waals surface area contributed by atoms with Gasteiger partial charge in [-0.05, 0) is 54.7 Å². The van der Waals surface area contributed by atoms with Gasteiger partial charge in [0.1, 0.15) is 5.82 Å². The molecule has 3 nitrogen and oxygen atoms in total. The number of rotatable bonds is 4. The molecule has 3 rings (SSSR count). The first-order valence-corrected chi connectivity index (χ1v) is 9.32. The maximum atomic E-state index is 13.1. The second kappa shape index (κ2) is 6.42. The van der Waals surface area contributed by atoms with Crippen LogP contribution >= 0.6 is 0 Å². The van der Waals surface area contributed by atoms with E-state index < -0.39 is 15.8 Å². The van der Waals surface area contributed by atoms with E-state index in [2.05, 4.69) is 19.1 Å². The van der Waals surface area contributed by atoms with E-state index >= 15 is 0 Å². The third-order valence-corrected chi connectivity index (χ3v) is 6.32. The molecule has 0 N–H and O–H groups in total. The summed E-state index contributed by atoms with van der Waals surface area (Å²) in [5.74, 6) is -0.433. The quantitative estimate of drug-likeness (QED) is 0.850. The Bertz CT molecular complexity index is 770. The lowest BCUT2D eigenvalue weighted by atomic mass is 10.0. The summed E-state index contributed by atoms with van der Waals surface area (Å²) < 4.78 is 40.3. The standard InChI is InChI=1S/C18H20FNO2S/c1-2-14-5-7-15(8-6-14)18-4-3-13-20(18)23(21,22)17-11-9-16(19)10-12-17/h5-12,18H,2-4,13H2,1H3. The van der Waals surface area contributed by atoms with Gasteiger partial charge >= 0.3 is 0 Å². The molecular formula is C18H20FNO2S. The highest BCUT2D eigenvalue weighted by atomic mass is 32.2. The van der Waals surface area contributed by atoms with Gasteiger partial charge in [-0.1, -0.05) is 31.2 Å². The van der Waals surface area contributed by atoms with Crippen LogP contribution in [0.25, 0.3) is 0 Å². The van der Waals surface area contributed by atoms with Crippen LogP contribution in [0.5, 0.6) is 0 Å².